The van der Waals surface area contributed by atoms with Crippen LogP contribution < -0.4 is 0 Å². The van der Waals surface area contributed by atoms with Crippen LogP contribution in [-0.4, -0.2) is 43.9 Å². The monoisotopic (exact) mass is 326 g/mol. The molecule has 0 spiro atoms. The van der Waals surface area contributed by atoms with E-state index >= 15 is 0 Å². The van der Waals surface area contributed by atoms with Gasteiger partial charge in [0.2, 0.25) is 0 Å². The molecule has 5 heteroatoms. The average Bonchev–Trinajstić information content (AvgIpc) is 3.08. The van der Waals surface area contributed by atoms with Crippen molar-refractivity contribution in [1.29, 1.82) is 0 Å². The third kappa shape index (κ3) is 3.42. The first-order valence-electron chi connectivity index (χ1n) is 8.51. The van der Waals surface area contributed by atoms with Crippen LogP contribution in [0.25, 0.3) is 0 Å². The SMILES string of the molecule is C=C1CCN(C(C)[C@](O)(Cn2cncn2)c2ccc(C)cc2)CC1. The van der Waals surface area contributed by atoms with Crippen LogP contribution in [0.5, 0.6) is 0 Å². The highest BCUT2D eigenvalue weighted by Gasteiger charge is 2.40. The number of likely N-dealkylation sites (tertiary alicyclic amines) is 1. The minimum atomic E-state index is -1.03. The van der Waals surface area contributed by atoms with Crippen LogP contribution in [0, 0.1) is 6.92 Å². The molecule has 0 radical (unpaired) electrons. The molecule has 128 valence electrons. The van der Waals surface area contributed by atoms with Crippen molar-refractivity contribution in [3.05, 3.63) is 60.2 Å². The standard InChI is InChI=1S/C19H26N4O/c1-15-4-6-18(7-5-15)19(24,12-23-14-20-13-21-23)17(3)22-10-8-16(2)9-11-22/h4-7,13-14,17,24H,2,8-12H2,1,3H3/t17?,19-/m1/s1. The molecule has 1 aromatic heterocycles. The van der Waals surface area contributed by atoms with Crippen molar-refractivity contribution in [3.63, 3.8) is 0 Å². The lowest BCUT2D eigenvalue weighted by Gasteiger charge is -2.43. The molecule has 3 rings (SSSR count). The summed E-state index contributed by atoms with van der Waals surface area (Å²) in [6, 6.07) is 8.10. The topological polar surface area (TPSA) is 54.2 Å². The molecule has 1 saturated heterocycles. The smallest absolute Gasteiger partial charge is 0.137 e. The van der Waals surface area contributed by atoms with Crippen LogP contribution >= 0.6 is 0 Å². The molecule has 0 bridgehead atoms. The number of aryl methyl sites for hydroxylation is 1. The van der Waals surface area contributed by atoms with Gasteiger partial charge >= 0.3 is 0 Å². The molecule has 1 aliphatic heterocycles. The van der Waals surface area contributed by atoms with Gasteiger partial charge < -0.3 is 5.11 Å². The first kappa shape index (κ1) is 16.9. The molecule has 0 amide bonds. The fraction of sp³-hybridized carbons (Fsp3) is 0.474. The summed E-state index contributed by atoms with van der Waals surface area (Å²) in [6.45, 7) is 10.5. The molecule has 2 heterocycles. The molecule has 1 aliphatic rings. The minimum Gasteiger partial charge on any atom is -0.382 e. The molecular formula is C19H26N4O. The van der Waals surface area contributed by atoms with Crippen molar-refractivity contribution in [3.8, 4) is 0 Å². The quantitative estimate of drug-likeness (QED) is 0.858. The van der Waals surface area contributed by atoms with E-state index in [9.17, 15) is 5.11 Å². The lowest BCUT2D eigenvalue weighted by Crippen LogP contribution is -2.53. The van der Waals surface area contributed by atoms with Crippen LogP contribution in [0.3, 0.4) is 0 Å². The number of hydrogen-bond acceptors (Lipinski definition) is 4. The number of benzene rings is 1. The molecule has 2 aromatic rings. The maximum atomic E-state index is 11.7. The second kappa shape index (κ2) is 6.87. The van der Waals surface area contributed by atoms with Crippen LogP contribution in [-0.2, 0) is 12.1 Å². The summed E-state index contributed by atoms with van der Waals surface area (Å²) in [6.07, 6.45) is 5.16. The van der Waals surface area contributed by atoms with Crippen LogP contribution in [0.4, 0.5) is 0 Å². The molecule has 2 atom stereocenters. The van der Waals surface area contributed by atoms with Crippen molar-refractivity contribution in [1.82, 2.24) is 19.7 Å². The lowest BCUT2D eigenvalue weighted by molar-refractivity contribution is -0.0634. The Morgan fingerprint density at radius 1 is 1.25 bits per heavy atom. The van der Waals surface area contributed by atoms with Crippen molar-refractivity contribution >= 4 is 0 Å². The Balaban J connectivity index is 1.91. The molecule has 5 nitrogen and oxygen atoms in total. The number of aliphatic hydroxyl groups is 1. The highest BCUT2D eigenvalue weighted by Crippen LogP contribution is 2.32. The second-order valence-electron chi connectivity index (χ2n) is 6.85. The maximum Gasteiger partial charge on any atom is 0.137 e. The minimum absolute atomic E-state index is 0.0301. The van der Waals surface area contributed by atoms with Gasteiger partial charge in [-0.1, -0.05) is 42.0 Å². The zero-order valence-corrected chi connectivity index (χ0v) is 14.5. The zero-order valence-electron chi connectivity index (χ0n) is 14.5. The third-order valence-electron chi connectivity index (χ3n) is 5.17. The summed E-state index contributed by atoms with van der Waals surface area (Å²) in [5, 5.41) is 15.9. The zero-order chi connectivity index (χ0) is 17.2. The fourth-order valence-electron chi connectivity index (χ4n) is 3.40. The van der Waals surface area contributed by atoms with Crippen LogP contribution in [0.1, 0.15) is 30.9 Å². The van der Waals surface area contributed by atoms with Crippen molar-refractivity contribution in [2.24, 2.45) is 0 Å². The van der Waals surface area contributed by atoms with E-state index in [2.05, 4.69) is 35.4 Å². The average molecular weight is 326 g/mol. The Kier molecular flexibility index (Phi) is 4.83. The van der Waals surface area contributed by atoms with E-state index in [-0.39, 0.29) is 6.04 Å². The Hall–Kier alpha value is -1.98. The number of piperidine rings is 1. The molecule has 0 saturated carbocycles. The molecular weight excluding hydrogens is 300 g/mol. The van der Waals surface area contributed by atoms with Gasteiger partial charge in [-0.05, 0) is 32.3 Å². The van der Waals surface area contributed by atoms with Gasteiger partial charge in [-0.2, -0.15) is 5.10 Å². The Morgan fingerprint density at radius 3 is 2.50 bits per heavy atom. The first-order valence-corrected chi connectivity index (χ1v) is 8.51. The third-order valence-corrected chi connectivity index (χ3v) is 5.17. The maximum absolute atomic E-state index is 11.7. The Bertz CT molecular complexity index is 670. The van der Waals surface area contributed by atoms with E-state index in [1.54, 1.807) is 11.0 Å². The molecule has 1 N–H and O–H groups in total. The molecule has 0 aliphatic carbocycles. The number of hydrogen-bond donors (Lipinski definition) is 1. The van der Waals surface area contributed by atoms with Crippen LogP contribution in [0.15, 0.2) is 49.1 Å². The second-order valence-corrected chi connectivity index (χ2v) is 6.85. The van der Waals surface area contributed by atoms with Gasteiger partial charge in [-0.25, -0.2) is 9.67 Å². The summed E-state index contributed by atoms with van der Waals surface area (Å²) < 4.78 is 1.71. The fourth-order valence-corrected chi connectivity index (χ4v) is 3.40. The van der Waals surface area contributed by atoms with Gasteiger partial charge in [0.1, 0.15) is 18.3 Å². The largest absolute Gasteiger partial charge is 0.382 e. The van der Waals surface area contributed by atoms with Crippen molar-refractivity contribution in [2.75, 3.05) is 13.1 Å². The van der Waals surface area contributed by atoms with E-state index in [1.165, 1.54) is 17.5 Å². The van der Waals surface area contributed by atoms with Gasteiger partial charge in [0.15, 0.2) is 0 Å². The van der Waals surface area contributed by atoms with Gasteiger partial charge in [0.05, 0.1) is 6.54 Å². The van der Waals surface area contributed by atoms with Crippen molar-refractivity contribution in [2.45, 2.75) is 44.9 Å². The van der Waals surface area contributed by atoms with E-state index in [0.29, 0.717) is 6.54 Å². The summed E-state index contributed by atoms with van der Waals surface area (Å²) in [5.74, 6) is 0. The molecule has 1 unspecified atom stereocenters. The lowest BCUT2D eigenvalue weighted by atomic mass is 9.84. The van der Waals surface area contributed by atoms with Gasteiger partial charge in [-0.15, -0.1) is 0 Å². The highest BCUT2D eigenvalue weighted by molar-refractivity contribution is 5.28. The first-order chi connectivity index (χ1) is 11.5. The number of nitrogens with zero attached hydrogens (tertiary/aromatic N) is 4. The van der Waals surface area contributed by atoms with Crippen molar-refractivity contribution < 1.29 is 5.11 Å². The Labute approximate surface area is 143 Å². The predicted octanol–water partition coefficient (Wildman–Crippen LogP) is 2.51. The highest BCUT2D eigenvalue weighted by atomic mass is 16.3. The van der Waals surface area contributed by atoms with E-state index in [0.717, 1.165) is 31.5 Å². The molecule has 1 aromatic carbocycles. The van der Waals surface area contributed by atoms with E-state index in [1.807, 2.05) is 24.3 Å². The summed E-state index contributed by atoms with van der Waals surface area (Å²) in [7, 11) is 0. The molecule has 1 fully saturated rings. The molecule has 24 heavy (non-hydrogen) atoms. The van der Waals surface area contributed by atoms with Gasteiger partial charge in [0.25, 0.3) is 0 Å². The number of aromatic nitrogens is 3. The normalized spacial score (nSPS) is 19.9. The summed E-state index contributed by atoms with van der Waals surface area (Å²) in [5.41, 5.74) is 2.37. The van der Waals surface area contributed by atoms with Crippen LogP contribution in [0.2, 0.25) is 0 Å². The summed E-state index contributed by atoms with van der Waals surface area (Å²) in [4.78, 5) is 6.36. The van der Waals surface area contributed by atoms with E-state index in [4.69, 9.17) is 0 Å². The van der Waals surface area contributed by atoms with Gasteiger partial charge in [-0.3, -0.25) is 4.90 Å². The van der Waals surface area contributed by atoms with E-state index < -0.39 is 5.60 Å². The Morgan fingerprint density at radius 2 is 1.92 bits per heavy atom. The predicted molar refractivity (Wildman–Crippen MR) is 94.5 cm³/mol. The number of rotatable bonds is 5. The van der Waals surface area contributed by atoms with Gasteiger partial charge in [0, 0.05) is 19.1 Å². The summed E-state index contributed by atoms with van der Waals surface area (Å²) >= 11 is 0.